The van der Waals surface area contributed by atoms with E-state index < -0.39 is 0 Å². The lowest BCUT2D eigenvalue weighted by Crippen LogP contribution is -2.52. The van der Waals surface area contributed by atoms with Gasteiger partial charge in [-0.05, 0) is 26.7 Å². The minimum Gasteiger partial charge on any atom is -0.350 e. The van der Waals surface area contributed by atoms with Crippen LogP contribution in [0.4, 0.5) is 16.4 Å². The predicted molar refractivity (Wildman–Crippen MR) is 197 cm³/mol. The summed E-state index contributed by atoms with van der Waals surface area (Å²) in [4.78, 5) is 48.6. The van der Waals surface area contributed by atoms with E-state index in [2.05, 4.69) is 67.7 Å². The topological polar surface area (TPSA) is 215 Å². The van der Waals surface area contributed by atoms with E-state index in [4.69, 9.17) is 4.79 Å². The fourth-order valence-corrected chi connectivity index (χ4v) is 7.01. The van der Waals surface area contributed by atoms with Gasteiger partial charge in [0.2, 0.25) is 6.08 Å². The van der Waals surface area contributed by atoms with Gasteiger partial charge >= 0.3 is 6.03 Å². The zero-order valence-electron chi connectivity index (χ0n) is 29.9. The summed E-state index contributed by atoms with van der Waals surface area (Å²) in [5.74, 6) is 2.56. The first-order valence-corrected chi connectivity index (χ1v) is 17.1. The molecule has 4 aromatic heterocycles. The standard InChI is InChI=1S/C17H20N8O.C14H15N7.C3H5NO.ClH/c1-3-19-17(26)25-10-13-4-14(25)9-24(13)16-11(5-18)6-20-15(22-16)12-7-21-23(2)8-12;1-20-7-10(5-18-20)13-17-4-9(3-15)14(19-13)21-8-11-2-12(21)6-16-11;1-2-4-3-5;/h6-8,13-14H,3-4,9-10H2,1-2H3,(H,19,26);4-5,7,11-12,16H,2,6,8H2,1H3;2H2,1H3;1H/t13-,14-;11-,12-;;/m00../s1. The van der Waals surface area contributed by atoms with Gasteiger partial charge in [0, 0.05) is 77.8 Å². The Balaban J connectivity index is 0.000000181. The summed E-state index contributed by atoms with van der Waals surface area (Å²) >= 11 is 0. The molecule has 4 aromatic rings. The number of halogens is 1. The predicted octanol–water partition coefficient (Wildman–Crippen LogP) is 1.80. The summed E-state index contributed by atoms with van der Waals surface area (Å²) in [5.41, 5.74) is 2.67. The SMILES string of the molecule is CCN=C=O.CCNC(=O)N1C[C@@H]2C[C@H]1CN2c1nc(-c2cnn(C)c2)ncc1C#N.Cl.Cn1cc(-c2ncc(C#N)c(N3C[C@@H]4C[C@H]3CN4)n2)cn1. The number of aromatic nitrogens is 8. The Bertz CT molecular complexity index is 2050. The minimum absolute atomic E-state index is 0. The highest BCUT2D eigenvalue weighted by Gasteiger charge is 2.46. The van der Waals surface area contributed by atoms with E-state index in [9.17, 15) is 15.3 Å². The molecule has 0 aromatic carbocycles. The van der Waals surface area contributed by atoms with Gasteiger partial charge in [0.1, 0.15) is 23.3 Å². The molecule has 0 radical (unpaired) electrons. The Labute approximate surface area is 313 Å². The van der Waals surface area contributed by atoms with E-state index in [-0.39, 0.29) is 30.5 Å². The van der Waals surface area contributed by atoms with Crippen molar-refractivity contribution in [2.45, 2.75) is 50.9 Å². The van der Waals surface area contributed by atoms with Crippen LogP contribution in [0.2, 0.25) is 0 Å². The van der Waals surface area contributed by atoms with Crippen molar-refractivity contribution in [3.8, 4) is 34.9 Å². The molecule has 4 bridgehead atoms. The first kappa shape index (κ1) is 38.3. The van der Waals surface area contributed by atoms with Crippen molar-refractivity contribution in [1.82, 2.24) is 55.0 Å². The van der Waals surface area contributed by atoms with Crippen molar-refractivity contribution in [2.24, 2.45) is 19.1 Å². The van der Waals surface area contributed by atoms with Crippen LogP contribution >= 0.6 is 12.4 Å². The number of aliphatic imine (C=N–C) groups is 1. The molecule has 0 saturated carbocycles. The lowest BCUT2D eigenvalue weighted by molar-refractivity contribution is 0.189. The molecule has 0 aliphatic carbocycles. The van der Waals surface area contributed by atoms with Crippen LogP contribution in [-0.4, -0.2) is 120 Å². The summed E-state index contributed by atoms with van der Waals surface area (Å²) in [6.07, 6.45) is 13.8. The molecule has 4 aliphatic heterocycles. The number of carbonyl (C=O) groups excluding carboxylic acids is 2. The molecule has 4 saturated heterocycles. The van der Waals surface area contributed by atoms with E-state index in [1.54, 1.807) is 41.1 Å². The maximum absolute atomic E-state index is 12.2. The monoisotopic (exact) mass is 740 g/mol. The van der Waals surface area contributed by atoms with Gasteiger partial charge in [0.25, 0.3) is 0 Å². The molecule has 0 spiro atoms. The van der Waals surface area contributed by atoms with Crippen molar-refractivity contribution in [3.63, 3.8) is 0 Å². The molecular formula is C34H41ClN16O2. The molecule has 2 amide bonds. The second kappa shape index (κ2) is 17.1. The Hall–Kier alpha value is -5.94. The van der Waals surface area contributed by atoms with Crippen molar-refractivity contribution in [3.05, 3.63) is 48.3 Å². The summed E-state index contributed by atoms with van der Waals surface area (Å²) in [6, 6.07) is 5.65. The highest BCUT2D eigenvalue weighted by molar-refractivity contribution is 5.85. The number of nitrogens with one attached hydrogen (secondary N) is 2. The number of fused-ring (bicyclic) bond motifs is 4. The average Bonchev–Trinajstić information content (AvgIpc) is 4.03. The van der Waals surface area contributed by atoms with Crippen molar-refractivity contribution < 1.29 is 9.59 Å². The van der Waals surface area contributed by atoms with Crippen LogP contribution in [0.25, 0.3) is 22.8 Å². The molecule has 4 aliphatic rings. The van der Waals surface area contributed by atoms with E-state index in [1.165, 1.54) is 6.08 Å². The van der Waals surface area contributed by atoms with Gasteiger partial charge in [-0.1, -0.05) is 0 Å². The van der Waals surface area contributed by atoms with Gasteiger partial charge in [0.05, 0.1) is 48.0 Å². The molecule has 8 rings (SSSR count). The van der Waals surface area contributed by atoms with Gasteiger partial charge in [-0.2, -0.15) is 20.7 Å². The van der Waals surface area contributed by atoms with Crippen LogP contribution in [0.5, 0.6) is 0 Å². The fraction of sp³-hybridized carbons (Fsp3) is 0.471. The van der Waals surface area contributed by atoms with Crippen molar-refractivity contribution in [1.29, 1.82) is 10.5 Å². The number of amides is 2. The van der Waals surface area contributed by atoms with Crippen LogP contribution in [0.3, 0.4) is 0 Å². The van der Waals surface area contributed by atoms with E-state index >= 15 is 0 Å². The second-order valence-corrected chi connectivity index (χ2v) is 12.8. The molecule has 8 heterocycles. The van der Waals surface area contributed by atoms with E-state index in [0.717, 1.165) is 42.9 Å². The molecular weight excluding hydrogens is 700 g/mol. The normalized spacial score (nSPS) is 20.2. The third-order valence-electron chi connectivity index (χ3n) is 9.36. The molecule has 19 heteroatoms. The lowest BCUT2D eigenvalue weighted by Gasteiger charge is -2.35. The Morgan fingerprint density at radius 3 is 1.83 bits per heavy atom. The summed E-state index contributed by atoms with van der Waals surface area (Å²) < 4.78 is 3.41. The number of hydrogen-bond acceptors (Lipinski definition) is 14. The molecule has 4 fully saturated rings. The van der Waals surface area contributed by atoms with Crippen molar-refractivity contribution in [2.75, 3.05) is 49.1 Å². The zero-order chi connectivity index (χ0) is 36.8. The smallest absolute Gasteiger partial charge is 0.317 e. The molecule has 0 unspecified atom stereocenters. The first-order chi connectivity index (χ1) is 25.3. The number of aryl methyl sites for hydroxylation is 2. The van der Waals surface area contributed by atoms with Crippen LogP contribution in [0, 0.1) is 22.7 Å². The van der Waals surface area contributed by atoms with Gasteiger partial charge in [0.15, 0.2) is 23.3 Å². The second-order valence-electron chi connectivity index (χ2n) is 12.8. The van der Waals surface area contributed by atoms with Crippen LogP contribution < -0.4 is 20.4 Å². The largest absolute Gasteiger partial charge is 0.350 e. The number of carbonyl (C=O) groups is 1. The number of urea groups is 1. The lowest BCUT2D eigenvalue weighted by atomic mass is 10.2. The number of nitrogens with zero attached hydrogens (tertiary/aromatic N) is 14. The summed E-state index contributed by atoms with van der Waals surface area (Å²) in [5, 5.41) is 33.4. The van der Waals surface area contributed by atoms with Gasteiger partial charge in [-0.3, -0.25) is 9.36 Å². The van der Waals surface area contributed by atoms with E-state index in [0.29, 0.717) is 66.9 Å². The van der Waals surface area contributed by atoms with Crippen molar-refractivity contribution >= 4 is 36.2 Å². The molecule has 53 heavy (non-hydrogen) atoms. The fourth-order valence-electron chi connectivity index (χ4n) is 7.01. The quantitative estimate of drug-likeness (QED) is 0.213. The maximum atomic E-state index is 12.2. The van der Waals surface area contributed by atoms with E-state index in [1.807, 2.05) is 38.3 Å². The molecule has 18 nitrogen and oxygen atoms in total. The number of likely N-dealkylation sites (tertiary alicyclic amines) is 1. The van der Waals surface area contributed by atoms with Gasteiger partial charge in [-0.25, -0.2) is 34.5 Å². The zero-order valence-corrected chi connectivity index (χ0v) is 30.7. The molecule has 276 valence electrons. The van der Waals surface area contributed by atoms with Gasteiger partial charge in [-0.15, -0.1) is 12.4 Å². The number of isocyanates is 1. The number of piperazine rings is 2. The average molecular weight is 741 g/mol. The Morgan fingerprint density at radius 1 is 0.868 bits per heavy atom. The highest BCUT2D eigenvalue weighted by atomic mass is 35.5. The van der Waals surface area contributed by atoms with Crippen LogP contribution in [0.15, 0.2) is 42.2 Å². The number of anilines is 2. The molecule has 2 N–H and O–H groups in total. The minimum atomic E-state index is -0.0149. The summed E-state index contributed by atoms with van der Waals surface area (Å²) in [6.45, 7) is 8.06. The third kappa shape index (κ3) is 8.26. The molecule has 4 atom stereocenters. The summed E-state index contributed by atoms with van der Waals surface area (Å²) in [7, 11) is 3.70. The van der Waals surface area contributed by atoms with Gasteiger partial charge < -0.3 is 25.3 Å². The number of hydrogen-bond donors (Lipinski definition) is 2. The highest BCUT2D eigenvalue weighted by Crippen LogP contribution is 2.36. The first-order valence-electron chi connectivity index (χ1n) is 17.1. The van der Waals surface area contributed by atoms with Crippen LogP contribution in [-0.2, 0) is 18.9 Å². The number of rotatable bonds is 6. The Morgan fingerprint density at radius 2 is 1.45 bits per heavy atom. The maximum Gasteiger partial charge on any atom is 0.317 e. The third-order valence-corrected chi connectivity index (χ3v) is 9.36. The Kier molecular flexibility index (Phi) is 12.3. The number of nitriles is 2. The van der Waals surface area contributed by atoms with Crippen LogP contribution in [0.1, 0.15) is 37.8 Å².